The van der Waals surface area contributed by atoms with Crippen LogP contribution < -0.4 is 5.32 Å². The molecule has 0 radical (unpaired) electrons. The number of sulfonamides is 1. The average molecular weight is 434 g/mol. The minimum atomic E-state index is -3.15. The molecular formula is C23H35N3O3S. The Morgan fingerprint density at radius 3 is 2.57 bits per heavy atom. The minimum Gasteiger partial charge on any atom is -0.335 e. The molecule has 1 saturated carbocycles. The van der Waals surface area contributed by atoms with Crippen LogP contribution in [-0.4, -0.2) is 61.1 Å². The number of hydrogen-bond donors (Lipinski definition) is 1. The van der Waals surface area contributed by atoms with Gasteiger partial charge in [0, 0.05) is 37.6 Å². The lowest BCUT2D eigenvalue weighted by Gasteiger charge is -2.43. The number of benzene rings is 1. The Hall–Kier alpha value is -1.60. The lowest BCUT2D eigenvalue weighted by atomic mass is 9.68. The van der Waals surface area contributed by atoms with Gasteiger partial charge in [-0.15, -0.1) is 0 Å². The molecule has 2 aliphatic heterocycles. The van der Waals surface area contributed by atoms with E-state index in [1.165, 1.54) is 5.56 Å². The van der Waals surface area contributed by atoms with Gasteiger partial charge in [0.2, 0.25) is 10.0 Å². The van der Waals surface area contributed by atoms with Crippen LogP contribution in [0.5, 0.6) is 0 Å². The molecule has 166 valence electrons. The first-order valence-electron chi connectivity index (χ1n) is 11.4. The summed E-state index contributed by atoms with van der Waals surface area (Å²) < 4.78 is 26.3. The number of amides is 2. The maximum Gasteiger partial charge on any atom is 0.317 e. The molecule has 0 spiro atoms. The van der Waals surface area contributed by atoms with E-state index < -0.39 is 10.0 Å². The molecule has 1 aromatic carbocycles. The van der Waals surface area contributed by atoms with Crippen LogP contribution in [-0.2, 0) is 10.0 Å². The Bertz CT molecular complexity index is 856. The number of likely N-dealkylation sites (tertiary alicyclic amines) is 1. The minimum absolute atomic E-state index is 0.0399. The highest BCUT2D eigenvalue weighted by atomic mass is 32.2. The number of piperidine rings is 1. The predicted molar refractivity (Wildman–Crippen MR) is 119 cm³/mol. The zero-order chi connectivity index (χ0) is 21.4. The van der Waals surface area contributed by atoms with Gasteiger partial charge in [0.05, 0.1) is 5.75 Å². The fourth-order valence-electron chi connectivity index (χ4n) is 5.50. The monoisotopic (exact) mass is 433 g/mol. The van der Waals surface area contributed by atoms with Crippen LogP contribution in [0.3, 0.4) is 0 Å². The fourth-order valence-corrected chi connectivity index (χ4v) is 7.27. The van der Waals surface area contributed by atoms with Gasteiger partial charge in [-0.3, -0.25) is 0 Å². The summed E-state index contributed by atoms with van der Waals surface area (Å²) in [5, 5.41) is 3.33. The summed E-state index contributed by atoms with van der Waals surface area (Å²) in [5.74, 6) is 0.546. The first-order valence-corrected chi connectivity index (χ1v) is 13.0. The van der Waals surface area contributed by atoms with E-state index in [9.17, 15) is 13.2 Å². The van der Waals surface area contributed by atoms with E-state index in [2.05, 4.69) is 43.4 Å². The maximum absolute atomic E-state index is 13.2. The zero-order valence-electron chi connectivity index (χ0n) is 18.2. The van der Waals surface area contributed by atoms with Crippen LogP contribution in [0.1, 0.15) is 63.9 Å². The number of rotatable bonds is 3. The van der Waals surface area contributed by atoms with Gasteiger partial charge in [0.15, 0.2) is 0 Å². The average Bonchev–Trinajstić information content (AvgIpc) is 3.09. The van der Waals surface area contributed by atoms with E-state index in [4.69, 9.17) is 0 Å². The Labute approximate surface area is 181 Å². The lowest BCUT2D eigenvalue weighted by Crippen LogP contribution is -2.55. The highest BCUT2D eigenvalue weighted by molar-refractivity contribution is 7.89. The third kappa shape index (κ3) is 4.67. The fraction of sp³-hybridized carbons (Fsp3) is 0.696. The number of carbonyl (C=O) groups excluding carboxylic acids is 1. The van der Waals surface area contributed by atoms with Gasteiger partial charge in [0.1, 0.15) is 0 Å². The topological polar surface area (TPSA) is 69.7 Å². The van der Waals surface area contributed by atoms with Crippen LogP contribution in [0.4, 0.5) is 4.79 Å². The molecule has 3 fully saturated rings. The van der Waals surface area contributed by atoms with E-state index in [0.717, 1.165) is 32.1 Å². The van der Waals surface area contributed by atoms with E-state index in [0.29, 0.717) is 32.0 Å². The summed E-state index contributed by atoms with van der Waals surface area (Å²) in [6, 6.07) is 10.5. The summed E-state index contributed by atoms with van der Waals surface area (Å²) in [6.07, 6.45) is 5.50. The number of nitrogens with zero attached hydrogens (tertiary/aromatic N) is 2. The van der Waals surface area contributed by atoms with Crippen LogP contribution in [0, 0.1) is 5.41 Å². The lowest BCUT2D eigenvalue weighted by molar-refractivity contribution is 0.136. The number of nitrogens with one attached hydrogen (secondary N) is 1. The van der Waals surface area contributed by atoms with Crippen molar-refractivity contribution in [3.05, 3.63) is 35.9 Å². The summed E-state index contributed by atoms with van der Waals surface area (Å²) in [4.78, 5) is 15.0. The molecule has 2 saturated heterocycles. The molecule has 0 bridgehead atoms. The van der Waals surface area contributed by atoms with Crippen LogP contribution in [0.2, 0.25) is 0 Å². The molecule has 6 nitrogen and oxygen atoms in total. The maximum atomic E-state index is 13.2. The molecule has 4 rings (SSSR count). The Morgan fingerprint density at radius 1 is 1.10 bits per heavy atom. The van der Waals surface area contributed by atoms with Crippen molar-refractivity contribution in [2.75, 3.05) is 25.4 Å². The Balaban J connectivity index is 1.44. The van der Waals surface area contributed by atoms with Crippen molar-refractivity contribution in [1.29, 1.82) is 0 Å². The van der Waals surface area contributed by atoms with Crippen molar-refractivity contribution < 1.29 is 13.2 Å². The van der Waals surface area contributed by atoms with Crippen LogP contribution in [0.15, 0.2) is 30.3 Å². The number of carbonyl (C=O) groups is 1. The summed E-state index contributed by atoms with van der Waals surface area (Å²) >= 11 is 0. The van der Waals surface area contributed by atoms with Crippen molar-refractivity contribution in [3.8, 4) is 0 Å². The van der Waals surface area contributed by atoms with Gasteiger partial charge in [-0.1, -0.05) is 44.2 Å². The highest BCUT2D eigenvalue weighted by Crippen LogP contribution is 2.43. The van der Waals surface area contributed by atoms with Crippen molar-refractivity contribution in [3.63, 3.8) is 0 Å². The Morgan fingerprint density at radius 2 is 1.87 bits per heavy atom. The second kappa shape index (κ2) is 8.50. The predicted octanol–water partition coefficient (Wildman–Crippen LogP) is 3.56. The third-order valence-electron chi connectivity index (χ3n) is 7.16. The van der Waals surface area contributed by atoms with E-state index in [1.807, 2.05) is 11.0 Å². The van der Waals surface area contributed by atoms with Crippen molar-refractivity contribution in [2.24, 2.45) is 5.41 Å². The van der Waals surface area contributed by atoms with Crippen molar-refractivity contribution in [2.45, 2.75) is 70.4 Å². The molecule has 0 aromatic heterocycles. The molecule has 2 heterocycles. The molecular weight excluding hydrogens is 398 g/mol. The SMILES string of the molecule is CC1(C)CCC(NC(=O)N2CCCC(N3CCCS3(=O)=O)C2)C(c2ccccc2)C1. The van der Waals surface area contributed by atoms with Gasteiger partial charge in [-0.2, -0.15) is 4.31 Å². The number of urea groups is 1. The van der Waals surface area contributed by atoms with Crippen LogP contribution in [0.25, 0.3) is 0 Å². The van der Waals surface area contributed by atoms with Gasteiger partial charge in [-0.25, -0.2) is 13.2 Å². The van der Waals surface area contributed by atoms with E-state index in [-0.39, 0.29) is 29.3 Å². The highest BCUT2D eigenvalue weighted by Gasteiger charge is 2.40. The second-order valence-electron chi connectivity index (χ2n) is 10.0. The molecule has 7 heteroatoms. The smallest absolute Gasteiger partial charge is 0.317 e. The van der Waals surface area contributed by atoms with Gasteiger partial charge in [-0.05, 0) is 49.5 Å². The van der Waals surface area contributed by atoms with Gasteiger partial charge >= 0.3 is 6.03 Å². The first kappa shape index (κ1) is 21.6. The second-order valence-corrected chi connectivity index (χ2v) is 12.0. The molecule has 1 aromatic rings. The summed E-state index contributed by atoms with van der Waals surface area (Å²) in [7, 11) is -3.15. The molecule has 3 aliphatic rings. The quantitative estimate of drug-likeness (QED) is 0.792. The largest absolute Gasteiger partial charge is 0.335 e. The number of hydrogen-bond acceptors (Lipinski definition) is 3. The van der Waals surface area contributed by atoms with E-state index in [1.54, 1.807) is 4.31 Å². The molecule has 3 unspecified atom stereocenters. The molecule has 30 heavy (non-hydrogen) atoms. The standard InChI is InChI=1S/C23H35N3O3S/c1-23(2)12-11-21(20(16-23)18-8-4-3-5-9-18)24-22(27)25-13-6-10-19(17-25)26-14-7-15-30(26,28)29/h3-5,8-9,19-21H,6-7,10-17H2,1-2H3,(H,24,27). The Kier molecular flexibility index (Phi) is 6.13. The summed E-state index contributed by atoms with van der Waals surface area (Å²) in [6.45, 7) is 6.42. The normalized spacial score (nSPS) is 31.4. The van der Waals surface area contributed by atoms with E-state index >= 15 is 0 Å². The van der Waals surface area contributed by atoms with Crippen molar-refractivity contribution in [1.82, 2.24) is 14.5 Å². The molecule has 1 N–H and O–H groups in total. The van der Waals surface area contributed by atoms with Gasteiger partial charge in [0.25, 0.3) is 0 Å². The molecule has 3 atom stereocenters. The molecule has 1 aliphatic carbocycles. The van der Waals surface area contributed by atoms with Crippen molar-refractivity contribution >= 4 is 16.1 Å². The van der Waals surface area contributed by atoms with Crippen LogP contribution >= 0.6 is 0 Å². The molecule has 2 amide bonds. The van der Waals surface area contributed by atoms with Gasteiger partial charge < -0.3 is 10.2 Å². The first-order chi connectivity index (χ1) is 14.3. The third-order valence-corrected chi connectivity index (χ3v) is 9.16. The zero-order valence-corrected chi connectivity index (χ0v) is 19.0. The summed E-state index contributed by atoms with van der Waals surface area (Å²) in [5.41, 5.74) is 1.55.